The maximum atomic E-state index is 12.7. The Kier molecular flexibility index (Phi) is 6.04. The highest BCUT2D eigenvalue weighted by Crippen LogP contribution is 2.31. The molecule has 0 spiro atoms. The number of aryl methyl sites for hydroxylation is 1. The summed E-state index contributed by atoms with van der Waals surface area (Å²) in [5.74, 6) is 1.32. The zero-order chi connectivity index (χ0) is 19.4. The number of likely N-dealkylation sites (tertiary alicyclic amines) is 1. The van der Waals surface area contributed by atoms with Crippen molar-refractivity contribution in [3.8, 4) is 11.5 Å². The molecule has 146 valence electrons. The molecule has 27 heavy (non-hydrogen) atoms. The van der Waals surface area contributed by atoms with Crippen LogP contribution in [0.2, 0.25) is 0 Å². The van der Waals surface area contributed by atoms with Gasteiger partial charge in [0, 0.05) is 36.0 Å². The molecule has 1 N–H and O–H groups in total. The highest BCUT2D eigenvalue weighted by molar-refractivity contribution is 5.83. The number of rotatable bonds is 6. The summed E-state index contributed by atoms with van der Waals surface area (Å²) in [6.07, 6.45) is 5.13. The zero-order valence-corrected chi connectivity index (χ0v) is 16.3. The van der Waals surface area contributed by atoms with Crippen molar-refractivity contribution in [2.24, 2.45) is 0 Å². The van der Waals surface area contributed by atoms with Gasteiger partial charge in [-0.3, -0.25) is 9.59 Å². The highest BCUT2D eigenvalue weighted by Gasteiger charge is 2.25. The second-order valence-electron chi connectivity index (χ2n) is 7.06. The van der Waals surface area contributed by atoms with E-state index in [0.29, 0.717) is 41.5 Å². The Morgan fingerprint density at radius 2 is 1.93 bits per heavy atom. The first-order valence-electron chi connectivity index (χ1n) is 9.64. The molecule has 0 aliphatic carbocycles. The summed E-state index contributed by atoms with van der Waals surface area (Å²) >= 11 is 0. The number of nitrogens with zero attached hydrogens (tertiary/aromatic N) is 1. The van der Waals surface area contributed by atoms with Crippen LogP contribution in [0.4, 0.5) is 0 Å². The number of carbonyl (C=O) groups is 1. The number of H-pyrrole nitrogens is 1. The molecule has 2 aromatic rings. The number of fused-ring (bicyclic) bond motifs is 1. The van der Waals surface area contributed by atoms with Gasteiger partial charge < -0.3 is 19.4 Å². The summed E-state index contributed by atoms with van der Waals surface area (Å²) in [6.45, 7) is 2.97. The minimum Gasteiger partial charge on any atom is -0.493 e. The van der Waals surface area contributed by atoms with Crippen LogP contribution in [0.5, 0.6) is 11.5 Å². The molecule has 1 aromatic heterocycles. The number of amides is 1. The Morgan fingerprint density at radius 1 is 1.19 bits per heavy atom. The van der Waals surface area contributed by atoms with Gasteiger partial charge in [-0.25, -0.2) is 0 Å². The molecule has 1 atom stereocenters. The number of aromatic amines is 1. The number of ether oxygens (including phenoxy) is 2. The van der Waals surface area contributed by atoms with Gasteiger partial charge in [-0.2, -0.15) is 0 Å². The van der Waals surface area contributed by atoms with Gasteiger partial charge in [0.25, 0.3) is 5.56 Å². The van der Waals surface area contributed by atoms with Crippen molar-refractivity contribution < 1.29 is 14.3 Å². The number of pyridine rings is 1. The van der Waals surface area contributed by atoms with Gasteiger partial charge in [-0.05, 0) is 44.2 Å². The summed E-state index contributed by atoms with van der Waals surface area (Å²) in [4.78, 5) is 30.0. The minimum atomic E-state index is -0.159. The summed E-state index contributed by atoms with van der Waals surface area (Å²) in [7, 11) is 3.14. The third-order valence-corrected chi connectivity index (χ3v) is 5.45. The van der Waals surface area contributed by atoms with Crippen molar-refractivity contribution >= 4 is 16.8 Å². The lowest BCUT2D eigenvalue weighted by atomic mass is 9.99. The van der Waals surface area contributed by atoms with E-state index >= 15 is 0 Å². The van der Waals surface area contributed by atoms with Gasteiger partial charge in [0.05, 0.1) is 19.7 Å². The van der Waals surface area contributed by atoms with Crippen LogP contribution in [-0.2, 0) is 11.2 Å². The van der Waals surface area contributed by atoms with Crippen molar-refractivity contribution in [2.45, 2.75) is 51.5 Å². The first kappa shape index (κ1) is 19.3. The van der Waals surface area contributed by atoms with Crippen LogP contribution in [0.3, 0.4) is 0 Å². The van der Waals surface area contributed by atoms with Crippen molar-refractivity contribution in [3.63, 3.8) is 0 Å². The van der Waals surface area contributed by atoms with Crippen LogP contribution < -0.4 is 15.0 Å². The maximum Gasteiger partial charge on any atom is 0.251 e. The number of piperidine rings is 1. The standard InChI is InChI=1S/C21H28N2O4/c1-4-16-7-5-6-10-23(16)20(24)9-8-14-11-15-12-18(26-2)19(27-3)13-17(15)22-21(14)25/h11-13,16H,4-10H2,1-3H3,(H,22,25). The van der Waals surface area contributed by atoms with E-state index < -0.39 is 0 Å². The molecule has 0 saturated carbocycles. The van der Waals surface area contributed by atoms with E-state index in [1.807, 2.05) is 17.0 Å². The number of hydrogen-bond donors (Lipinski definition) is 1. The molecule has 1 aliphatic heterocycles. The van der Waals surface area contributed by atoms with Crippen LogP contribution >= 0.6 is 0 Å². The Bertz CT molecular complexity index is 874. The van der Waals surface area contributed by atoms with Crippen molar-refractivity contribution in [1.29, 1.82) is 0 Å². The second kappa shape index (κ2) is 8.46. The molecule has 6 nitrogen and oxygen atoms in total. The Morgan fingerprint density at radius 3 is 2.63 bits per heavy atom. The number of nitrogens with one attached hydrogen (secondary N) is 1. The van der Waals surface area contributed by atoms with E-state index in [9.17, 15) is 9.59 Å². The molecule has 3 rings (SSSR count). The Labute approximate surface area is 159 Å². The second-order valence-corrected chi connectivity index (χ2v) is 7.06. The molecule has 1 saturated heterocycles. The predicted molar refractivity (Wildman–Crippen MR) is 106 cm³/mol. The van der Waals surface area contributed by atoms with Crippen LogP contribution in [-0.4, -0.2) is 42.6 Å². The van der Waals surface area contributed by atoms with Gasteiger partial charge in [0.1, 0.15) is 0 Å². The fourth-order valence-corrected chi connectivity index (χ4v) is 3.90. The molecule has 6 heteroatoms. The third kappa shape index (κ3) is 4.10. The number of carbonyl (C=O) groups excluding carboxylic acids is 1. The van der Waals surface area contributed by atoms with Crippen molar-refractivity contribution in [1.82, 2.24) is 9.88 Å². The lowest BCUT2D eigenvalue weighted by Crippen LogP contribution is -2.43. The quantitative estimate of drug-likeness (QED) is 0.845. The molecule has 1 unspecified atom stereocenters. The van der Waals surface area contributed by atoms with Crippen LogP contribution in [0.15, 0.2) is 23.0 Å². The molecule has 2 heterocycles. The van der Waals surface area contributed by atoms with Crippen LogP contribution in [0, 0.1) is 0 Å². The average molecular weight is 372 g/mol. The molecular formula is C21H28N2O4. The molecular weight excluding hydrogens is 344 g/mol. The number of methoxy groups -OCH3 is 2. The topological polar surface area (TPSA) is 71.6 Å². The summed E-state index contributed by atoms with van der Waals surface area (Å²) < 4.78 is 10.6. The Balaban J connectivity index is 1.79. The first-order valence-corrected chi connectivity index (χ1v) is 9.64. The van der Waals surface area contributed by atoms with Crippen molar-refractivity contribution in [3.05, 3.63) is 34.1 Å². The monoisotopic (exact) mass is 372 g/mol. The molecule has 1 aliphatic rings. The SMILES string of the molecule is CCC1CCCCN1C(=O)CCc1cc2cc(OC)c(OC)cc2[nH]c1=O. The largest absolute Gasteiger partial charge is 0.493 e. The molecule has 1 aromatic carbocycles. The molecule has 0 radical (unpaired) electrons. The normalized spacial score (nSPS) is 17.1. The van der Waals surface area contributed by atoms with E-state index in [2.05, 4.69) is 11.9 Å². The highest BCUT2D eigenvalue weighted by atomic mass is 16.5. The summed E-state index contributed by atoms with van der Waals surface area (Å²) in [6, 6.07) is 5.78. The van der Waals surface area contributed by atoms with Gasteiger partial charge in [0.15, 0.2) is 11.5 Å². The van der Waals surface area contributed by atoms with Crippen molar-refractivity contribution in [2.75, 3.05) is 20.8 Å². The average Bonchev–Trinajstić information content (AvgIpc) is 2.70. The lowest BCUT2D eigenvalue weighted by molar-refractivity contribution is -0.134. The molecule has 0 bridgehead atoms. The van der Waals surface area contributed by atoms with Crippen LogP contribution in [0.1, 0.15) is 44.6 Å². The third-order valence-electron chi connectivity index (χ3n) is 5.45. The molecule has 1 amide bonds. The molecule has 1 fully saturated rings. The number of hydrogen-bond acceptors (Lipinski definition) is 4. The predicted octanol–water partition coefficient (Wildman–Crippen LogP) is 3.27. The number of benzene rings is 1. The zero-order valence-electron chi connectivity index (χ0n) is 16.3. The van der Waals surface area contributed by atoms with E-state index in [0.717, 1.165) is 31.2 Å². The van der Waals surface area contributed by atoms with Gasteiger partial charge >= 0.3 is 0 Å². The van der Waals surface area contributed by atoms with E-state index in [4.69, 9.17) is 9.47 Å². The Hall–Kier alpha value is -2.50. The lowest BCUT2D eigenvalue weighted by Gasteiger charge is -2.35. The van der Waals surface area contributed by atoms with Gasteiger partial charge in [-0.1, -0.05) is 6.92 Å². The maximum absolute atomic E-state index is 12.7. The smallest absolute Gasteiger partial charge is 0.251 e. The van der Waals surface area contributed by atoms with Gasteiger partial charge in [-0.15, -0.1) is 0 Å². The van der Waals surface area contributed by atoms with E-state index in [1.165, 1.54) is 6.42 Å². The fraction of sp³-hybridized carbons (Fsp3) is 0.524. The van der Waals surface area contributed by atoms with E-state index in [1.54, 1.807) is 20.3 Å². The van der Waals surface area contributed by atoms with Gasteiger partial charge in [0.2, 0.25) is 5.91 Å². The number of aromatic nitrogens is 1. The fourth-order valence-electron chi connectivity index (χ4n) is 3.90. The van der Waals surface area contributed by atoms with Crippen LogP contribution in [0.25, 0.3) is 10.9 Å². The summed E-state index contributed by atoms with van der Waals surface area (Å²) in [5.41, 5.74) is 1.15. The summed E-state index contributed by atoms with van der Waals surface area (Å²) in [5, 5.41) is 0.860. The first-order chi connectivity index (χ1) is 13.1. The minimum absolute atomic E-state index is 0.147. The van der Waals surface area contributed by atoms with E-state index in [-0.39, 0.29) is 11.5 Å².